The van der Waals surface area contributed by atoms with Gasteiger partial charge in [-0.1, -0.05) is 32.6 Å². The lowest BCUT2D eigenvalue weighted by atomic mass is 9.87. The van der Waals surface area contributed by atoms with Crippen LogP contribution in [0.2, 0.25) is 0 Å². The molecule has 0 unspecified atom stereocenters. The third kappa shape index (κ3) is 5.17. The molecule has 0 aliphatic heterocycles. The third-order valence-corrected chi connectivity index (χ3v) is 5.93. The van der Waals surface area contributed by atoms with Crippen molar-refractivity contribution in [2.24, 2.45) is 0 Å². The molecular weight excluding hydrogens is 276 g/mol. The lowest BCUT2D eigenvalue weighted by molar-refractivity contribution is -0.146. The Kier molecular flexibility index (Phi) is 7.17. The van der Waals surface area contributed by atoms with E-state index in [0.29, 0.717) is 19.4 Å². The highest BCUT2D eigenvalue weighted by Crippen LogP contribution is 2.32. The second-order valence-corrected chi connectivity index (χ2v) is 8.08. The first-order chi connectivity index (χ1) is 9.46. The molecular formula is C15H28O4S. The molecule has 0 bridgehead atoms. The smallest absolute Gasteiger partial charge is 0.164 e. The molecule has 0 spiro atoms. The van der Waals surface area contributed by atoms with Crippen LogP contribution in [-0.2, 0) is 19.4 Å². The van der Waals surface area contributed by atoms with Crippen molar-refractivity contribution in [1.82, 2.24) is 0 Å². The summed E-state index contributed by atoms with van der Waals surface area (Å²) >= 11 is 0. The van der Waals surface area contributed by atoms with Gasteiger partial charge in [-0.15, -0.1) is 0 Å². The van der Waals surface area contributed by atoms with Gasteiger partial charge in [0.1, 0.15) is 15.4 Å². The van der Waals surface area contributed by atoms with Gasteiger partial charge in [0.05, 0.1) is 5.75 Å². The Hall–Kier alpha value is -0.420. The summed E-state index contributed by atoms with van der Waals surface area (Å²) in [5, 5.41) is 0. The molecule has 0 aromatic carbocycles. The highest BCUT2D eigenvalue weighted by atomic mass is 32.2. The van der Waals surface area contributed by atoms with Crippen LogP contribution in [0.1, 0.15) is 65.2 Å². The van der Waals surface area contributed by atoms with Gasteiger partial charge in [0, 0.05) is 18.8 Å². The van der Waals surface area contributed by atoms with Crippen molar-refractivity contribution in [2.45, 2.75) is 70.8 Å². The number of sulfone groups is 1. The lowest BCUT2D eigenvalue weighted by Gasteiger charge is -2.31. The summed E-state index contributed by atoms with van der Waals surface area (Å²) in [6.45, 7) is 4.10. The molecule has 118 valence electrons. The number of ether oxygens (including phenoxy) is 1. The Labute approximate surface area is 123 Å². The van der Waals surface area contributed by atoms with Gasteiger partial charge < -0.3 is 4.74 Å². The van der Waals surface area contributed by atoms with Crippen molar-refractivity contribution in [3.05, 3.63) is 0 Å². The minimum atomic E-state index is -2.98. The molecule has 0 heterocycles. The van der Waals surface area contributed by atoms with Crippen LogP contribution in [0.15, 0.2) is 0 Å². The third-order valence-electron chi connectivity index (χ3n) is 4.14. The summed E-state index contributed by atoms with van der Waals surface area (Å²) in [5.41, 5.74) is -0.638. The molecule has 0 aromatic rings. The average molecular weight is 304 g/mol. The molecule has 1 saturated carbocycles. The number of ketones is 1. The minimum Gasteiger partial charge on any atom is -0.368 e. The quantitative estimate of drug-likeness (QED) is 0.647. The maximum atomic E-state index is 12.5. The highest BCUT2D eigenvalue weighted by molar-refractivity contribution is 7.91. The molecule has 1 aliphatic rings. The lowest BCUT2D eigenvalue weighted by Crippen LogP contribution is -2.41. The van der Waals surface area contributed by atoms with Crippen LogP contribution >= 0.6 is 0 Å². The van der Waals surface area contributed by atoms with Crippen LogP contribution in [0.5, 0.6) is 0 Å². The molecule has 4 nitrogen and oxygen atoms in total. The molecule has 0 N–H and O–H groups in total. The summed E-state index contributed by atoms with van der Waals surface area (Å²) in [5.74, 6) is 0.363. The Balaban J connectivity index is 2.60. The standard InChI is InChI=1S/C15H28O4S/c1-3-19-15(11-7-5-6-8-12-15)14(16)10-9-13-20(17,18)4-2/h3-13H2,1-2H3. The number of Topliss-reactive ketones (excluding diaryl/α,β-unsaturated/α-hetero) is 1. The first-order valence-electron chi connectivity index (χ1n) is 7.83. The van der Waals surface area contributed by atoms with E-state index in [9.17, 15) is 13.2 Å². The Morgan fingerprint density at radius 3 is 2.20 bits per heavy atom. The van der Waals surface area contributed by atoms with Gasteiger partial charge in [-0.2, -0.15) is 0 Å². The zero-order valence-electron chi connectivity index (χ0n) is 12.8. The van der Waals surface area contributed by atoms with E-state index in [0.717, 1.165) is 38.5 Å². The largest absolute Gasteiger partial charge is 0.368 e. The van der Waals surface area contributed by atoms with Crippen LogP contribution in [-0.4, -0.2) is 37.9 Å². The van der Waals surface area contributed by atoms with Crippen LogP contribution < -0.4 is 0 Å². The van der Waals surface area contributed by atoms with E-state index in [2.05, 4.69) is 0 Å². The van der Waals surface area contributed by atoms with E-state index < -0.39 is 15.4 Å². The maximum Gasteiger partial charge on any atom is 0.164 e. The maximum absolute atomic E-state index is 12.5. The van der Waals surface area contributed by atoms with Gasteiger partial charge in [-0.3, -0.25) is 4.79 Å². The van der Waals surface area contributed by atoms with Gasteiger partial charge in [0.15, 0.2) is 5.78 Å². The molecule has 0 saturated heterocycles. The SMILES string of the molecule is CCOC1(C(=O)CCCS(=O)(=O)CC)CCCCCC1. The molecule has 0 atom stereocenters. The van der Waals surface area contributed by atoms with Crippen LogP contribution in [0.25, 0.3) is 0 Å². The number of rotatable bonds is 8. The molecule has 1 aliphatic carbocycles. The monoisotopic (exact) mass is 304 g/mol. The van der Waals surface area contributed by atoms with Gasteiger partial charge in [0.25, 0.3) is 0 Å². The Bertz CT molecular complexity index is 392. The van der Waals surface area contributed by atoms with Crippen LogP contribution in [0, 0.1) is 0 Å². The van der Waals surface area contributed by atoms with Crippen molar-refractivity contribution in [2.75, 3.05) is 18.1 Å². The zero-order valence-corrected chi connectivity index (χ0v) is 13.6. The number of carbonyl (C=O) groups is 1. The number of hydrogen-bond donors (Lipinski definition) is 0. The summed E-state index contributed by atoms with van der Waals surface area (Å²) < 4.78 is 28.8. The van der Waals surface area contributed by atoms with Crippen LogP contribution in [0.4, 0.5) is 0 Å². The molecule has 0 aromatic heterocycles. The van der Waals surface area contributed by atoms with Gasteiger partial charge >= 0.3 is 0 Å². The van der Waals surface area contributed by atoms with E-state index >= 15 is 0 Å². The topological polar surface area (TPSA) is 60.4 Å². The number of hydrogen-bond acceptors (Lipinski definition) is 4. The van der Waals surface area contributed by atoms with Gasteiger partial charge in [-0.25, -0.2) is 8.42 Å². The van der Waals surface area contributed by atoms with E-state index in [1.54, 1.807) is 6.92 Å². The van der Waals surface area contributed by atoms with Crippen molar-refractivity contribution >= 4 is 15.6 Å². The van der Waals surface area contributed by atoms with Crippen molar-refractivity contribution in [1.29, 1.82) is 0 Å². The molecule has 1 rings (SSSR count). The first-order valence-corrected chi connectivity index (χ1v) is 9.65. The fraction of sp³-hybridized carbons (Fsp3) is 0.933. The van der Waals surface area contributed by atoms with Crippen molar-refractivity contribution in [3.8, 4) is 0 Å². The normalized spacial score (nSPS) is 19.5. The van der Waals surface area contributed by atoms with Crippen LogP contribution in [0.3, 0.4) is 0 Å². The summed E-state index contributed by atoms with van der Waals surface area (Å²) in [6, 6.07) is 0. The average Bonchev–Trinajstić information content (AvgIpc) is 2.65. The minimum absolute atomic E-state index is 0.104. The Morgan fingerprint density at radius 1 is 1.10 bits per heavy atom. The fourth-order valence-corrected chi connectivity index (χ4v) is 3.78. The second kappa shape index (κ2) is 8.13. The molecule has 1 fully saturated rings. The molecule has 0 radical (unpaired) electrons. The summed E-state index contributed by atoms with van der Waals surface area (Å²) in [6.07, 6.45) is 6.69. The van der Waals surface area contributed by atoms with Crippen molar-refractivity contribution in [3.63, 3.8) is 0 Å². The zero-order chi connectivity index (χ0) is 15.1. The number of carbonyl (C=O) groups excluding carboxylic acids is 1. The second-order valence-electron chi connectivity index (χ2n) is 5.60. The fourth-order valence-electron chi connectivity index (χ4n) is 2.90. The first kappa shape index (κ1) is 17.6. The predicted octanol–water partition coefficient (Wildman–Crippen LogP) is 2.90. The molecule has 5 heteroatoms. The summed E-state index contributed by atoms with van der Waals surface area (Å²) in [7, 11) is -2.98. The van der Waals surface area contributed by atoms with Gasteiger partial charge in [-0.05, 0) is 26.2 Å². The van der Waals surface area contributed by atoms with E-state index in [1.165, 1.54) is 0 Å². The Morgan fingerprint density at radius 2 is 1.70 bits per heavy atom. The van der Waals surface area contributed by atoms with E-state index in [1.807, 2.05) is 6.92 Å². The van der Waals surface area contributed by atoms with Gasteiger partial charge in [0.2, 0.25) is 0 Å². The van der Waals surface area contributed by atoms with E-state index in [-0.39, 0.29) is 17.3 Å². The van der Waals surface area contributed by atoms with E-state index in [4.69, 9.17) is 4.74 Å². The molecule has 20 heavy (non-hydrogen) atoms. The summed E-state index contributed by atoms with van der Waals surface area (Å²) in [4.78, 5) is 12.5. The highest BCUT2D eigenvalue weighted by Gasteiger charge is 2.38. The predicted molar refractivity (Wildman–Crippen MR) is 80.6 cm³/mol. The molecule has 0 amide bonds. The van der Waals surface area contributed by atoms with Crippen molar-refractivity contribution < 1.29 is 17.9 Å².